The van der Waals surface area contributed by atoms with E-state index >= 15 is 0 Å². The van der Waals surface area contributed by atoms with Crippen molar-refractivity contribution in [3.8, 4) is 0 Å². The first-order valence-corrected chi connectivity index (χ1v) is 15.1. The molecule has 0 fully saturated rings. The van der Waals surface area contributed by atoms with Gasteiger partial charge in [0.25, 0.3) is 21.6 Å². The van der Waals surface area contributed by atoms with E-state index in [2.05, 4.69) is 5.32 Å². The summed E-state index contributed by atoms with van der Waals surface area (Å²) in [6, 6.07) is 17.6. The van der Waals surface area contributed by atoms with E-state index in [0.717, 1.165) is 36.8 Å². The van der Waals surface area contributed by atoms with Gasteiger partial charge in [0, 0.05) is 35.8 Å². The van der Waals surface area contributed by atoms with Crippen molar-refractivity contribution in [1.29, 1.82) is 0 Å². The SMILES string of the molecule is Cc1ccc(S(=O)(=O)n2cc(Cc3ccc(C(=O)NCCCCCCC(O)NO)cc3)c3cc([N+](=O)[O-])ccc32)cc1. The molecule has 3 aromatic carbocycles. The summed E-state index contributed by atoms with van der Waals surface area (Å²) in [5.41, 5.74) is 4.81. The lowest BCUT2D eigenvalue weighted by molar-refractivity contribution is -0.384. The largest absolute Gasteiger partial charge is 0.377 e. The van der Waals surface area contributed by atoms with Gasteiger partial charge in [0.1, 0.15) is 6.23 Å². The number of rotatable bonds is 14. The number of fused-ring (bicyclic) bond motifs is 1. The maximum Gasteiger partial charge on any atom is 0.270 e. The lowest BCUT2D eigenvalue weighted by Crippen LogP contribution is -2.25. The van der Waals surface area contributed by atoms with Gasteiger partial charge in [-0.2, -0.15) is 5.48 Å². The quantitative estimate of drug-likeness (QED) is 0.0708. The van der Waals surface area contributed by atoms with Crippen molar-refractivity contribution in [1.82, 2.24) is 14.8 Å². The first kappa shape index (κ1) is 30.8. The number of hydrogen-bond acceptors (Lipinski definition) is 8. The van der Waals surface area contributed by atoms with Crippen molar-refractivity contribution in [2.75, 3.05) is 6.54 Å². The van der Waals surface area contributed by atoms with Crippen LogP contribution in [0.5, 0.6) is 0 Å². The third-order valence-corrected chi connectivity index (χ3v) is 8.76. The van der Waals surface area contributed by atoms with Crippen LogP contribution in [0.25, 0.3) is 10.9 Å². The number of nitro benzene ring substituents is 1. The Morgan fingerprint density at radius 3 is 2.36 bits per heavy atom. The zero-order valence-electron chi connectivity index (χ0n) is 23.2. The molecule has 4 N–H and O–H groups in total. The van der Waals surface area contributed by atoms with Gasteiger partial charge < -0.3 is 15.6 Å². The summed E-state index contributed by atoms with van der Waals surface area (Å²) >= 11 is 0. The molecule has 0 aliphatic carbocycles. The molecule has 11 nitrogen and oxygen atoms in total. The lowest BCUT2D eigenvalue weighted by Gasteiger charge is -2.08. The summed E-state index contributed by atoms with van der Waals surface area (Å²) in [5, 5.41) is 32.7. The zero-order chi connectivity index (χ0) is 30.3. The van der Waals surface area contributed by atoms with Crippen LogP contribution in [-0.4, -0.2) is 46.3 Å². The fourth-order valence-corrected chi connectivity index (χ4v) is 6.10. The summed E-state index contributed by atoms with van der Waals surface area (Å²) in [7, 11) is -3.96. The minimum atomic E-state index is -3.96. The van der Waals surface area contributed by atoms with Crippen LogP contribution < -0.4 is 10.8 Å². The Bertz CT molecular complexity index is 1650. The number of aryl methyl sites for hydroxylation is 1. The molecule has 42 heavy (non-hydrogen) atoms. The molecule has 222 valence electrons. The van der Waals surface area contributed by atoms with Gasteiger partial charge in [-0.3, -0.25) is 14.9 Å². The third kappa shape index (κ3) is 7.39. The number of unbranched alkanes of at least 4 members (excludes halogenated alkanes) is 3. The number of hydrogen-bond donors (Lipinski definition) is 4. The highest BCUT2D eigenvalue weighted by molar-refractivity contribution is 7.90. The Morgan fingerprint density at radius 1 is 1.00 bits per heavy atom. The number of non-ortho nitro benzene ring substituents is 1. The van der Waals surface area contributed by atoms with Gasteiger partial charge in [-0.15, -0.1) is 0 Å². The van der Waals surface area contributed by atoms with E-state index in [0.29, 0.717) is 41.4 Å². The monoisotopic (exact) mass is 594 g/mol. The molecule has 0 saturated carbocycles. The second kappa shape index (κ2) is 13.7. The van der Waals surface area contributed by atoms with Crippen molar-refractivity contribution in [3.05, 3.63) is 105 Å². The van der Waals surface area contributed by atoms with Crippen molar-refractivity contribution in [3.63, 3.8) is 0 Å². The number of amides is 1. The number of carbonyl (C=O) groups is 1. The summed E-state index contributed by atoms with van der Waals surface area (Å²) in [6.07, 6.45) is 4.63. The van der Waals surface area contributed by atoms with Gasteiger partial charge in [-0.25, -0.2) is 12.4 Å². The van der Waals surface area contributed by atoms with Gasteiger partial charge in [0.15, 0.2) is 0 Å². The molecule has 1 aromatic heterocycles. The Hall–Kier alpha value is -4.10. The average molecular weight is 595 g/mol. The third-order valence-electron chi connectivity index (χ3n) is 7.07. The van der Waals surface area contributed by atoms with Crippen molar-refractivity contribution in [2.24, 2.45) is 0 Å². The molecule has 1 unspecified atom stereocenters. The van der Waals surface area contributed by atoms with E-state index in [-0.39, 0.29) is 16.5 Å². The Kier molecular flexibility index (Phi) is 10.1. The minimum Gasteiger partial charge on any atom is -0.377 e. The van der Waals surface area contributed by atoms with Gasteiger partial charge in [0.05, 0.1) is 15.3 Å². The first-order chi connectivity index (χ1) is 20.1. The van der Waals surface area contributed by atoms with Crippen LogP contribution in [0.15, 0.2) is 77.8 Å². The Balaban J connectivity index is 1.48. The van der Waals surface area contributed by atoms with Crippen molar-refractivity contribution < 1.29 is 28.4 Å². The number of benzene rings is 3. The molecule has 0 aliphatic heterocycles. The second-order valence-corrected chi connectivity index (χ2v) is 12.0. The number of aromatic nitrogens is 1. The minimum absolute atomic E-state index is 0.114. The molecule has 0 saturated heterocycles. The summed E-state index contributed by atoms with van der Waals surface area (Å²) in [4.78, 5) is 23.6. The number of nitrogens with zero attached hydrogens (tertiary/aromatic N) is 2. The highest BCUT2D eigenvalue weighted by Gasteiger charge is 2.23. The van der Waals surface area contributed by atoms with Crippen molar-refractivity contribution >= 4 is 32.5 Å². The maximum atomic E-state index is 13.5. The standard InChI is InChI=1S/C30H34N4O7S/c1-21-7-14-26(15-8-21)42(40,41)33-20-24(27-19-25(34(38)39)13-16-28(27)33)18-22-9-11-23(12-10-22)30(36)31-17-5-3-2-4-6-29(35)32-37/h7-16,19-20,29,32,35,37H,2-6,17-18H2,1H3,(H,31,36). The summed E-state index contributed by atoms with van der Waals surface area (Å²) in [6.45, 7) is 2.37. The van der Waals surface area contributed by atoms with Crippen LogP contribution in [0.4, 0.5) is 5.69 Å². The first-order valence-electron chi connectivity index (χ1n) is 13.7. The molecular formula is C30H34N4O7S. The van der Waals surface area contributed by atoms with E-state index in [1.807, 2.05) is 6.92 Å². The lowest BCUT2D eigenvalue weighted by atomic mass is 10.0. The molecule has 4 aromatic rings. The summed E-state index contributed by atoms with van der Waals surface area (Å²) < 4.78 is 28.2. The molecule has 12 heteroatoms. The highest BCUT2D eigenvalue weighted by Crippen LogP contribution is 2.31. The molecule has 0 aliphatic rings. The van der Waals surface area contributed by atoms with Crippen molar-refractivity contribution in [2.45, 2.75) is 56.6 Å². The van der Waals surface area contributed by atoms with E-state index in [1.165, 1.54) is 40.5 Å². The fraction of sp³-hybridized carbons (Fsp3) is 0.300. The number of nitrogens with one attached hydrogen (secondary N) is 2. The van der Waals surface area contributed by atoms with Crippen LogP contribution in [0.1, 0.15) is 59.2 Å². The molecular weight excluding hydrogens is 560 g/mol. The average Bonchev–Trinajstić information content (AvgIpc) is 3.35. The number of carbonyl (C=O) groups excluding carboxylic acids is 1. The van der Waals surface area contributed by atoms with Gasteiger partial charge in [0.2, 0.25) is 0 Å². The van der Waals surface area contributed by atoms with Crippen LogP contribution in [0.2, 0.25) is 0 Å². The Morgan fingerprint density at radius 2 is 1.69 bits per heavy atom. The maximum absolute atomic E-state index is 13.5. The second-order valence-electron chi connectivity index (χ2n) is 10.2. The van der Waals surface area contributed by atoms with E-state index in [1.54, 1.807) is 41.9 Å². The van der Waals surface area contributed by atoms with Crippen LogP contribution in [0.3, 0.4) is 0 Å². The van der Waals surface area contributed by atoms with Crippen LogP contribution in [0, 0.1) is 17.0 Å². The van der Waals surface area contributed by atoms with Gasteiger partial charge >= 0.3 is 0 Å². The zero-order valence-corrected chi connectivity index (χ0v) is 24.0. The highest BCUT2D eigenvalue weighted by atomic mass is 32.2. The van der Waals surface area contributed by atoms with E-state index in [4.69, 9.17) is 5.21 Å². The molecule has 0 spiro atoms. The molecule has 0 bridgehead atoms. The number of aliphatic hydroxyl groups excluding tert-OH is 1. The summed E-state index contributed by atoms with van der Waals surface area (Å²) in [5.74, 6) is -0.210. The van der Waals surface area contributed by atoms with Gasteiger partial charge in [-0.05, 0) is 74.1 Å². The van der Waals surface area contributed by atoms with E-state index in [9.17, 15) is 28.4 Å². The Labute approximate surface area is 244 Å². The molecule has 4 rings (SSSR count). The number of nitro groups is 1. The molecule has 1 heterocycles. The molecule has 0 radical (unpaired) electrons. The topological polar surface area (TPSA) is 164 Å². The van der Waals surface area contributed by atoms with Crippen LogP contribution >= 0.6 is 0 Å². The normalized spacial score (nSPS) is 12.4. The number of aliphatic hydroxyl groups is 1. The predicted octanol–water partition coefficient (Wildman–Crippen LogP) is 4.66. The van der Waals surface area contributed by atoms with E-state index < -0.39 is 21.2 Å². The smallest absolute Gasteiger partial charge is 0.270 e. The van der Waals surface area contributed by atoms with Crippen LogP contribution in [-0.2, 0) is 16.4 Å². The fourth-order valence-electron chi connectivity index (χ4n) is 4.71. The van der Waals surface area contributed by atoms with Gasteiger partial charge in [-0.1, -0.05) is 42.7 Å². The number of hydroxylamine groups is 1. The molecule has 1 amide bonds. The molecule has 1 atom stereocenters. The predicted molar refractivity (Wildman–Crippen MR) is 158 cm³/mol.